The molecule has 0 aliphatic carbocycles. The third-order valence-electron chi connectivity index (χ3n) is 4.65. The summed E-state index contributed by atoms with van der Waals surface area (Å²) in [5.41, 5.74) is 3.56. The Morgan fingerprint density at radius 3 is 2.60 bits per heavy atom. The molecule has 1 aromatic carbocycles. The lowest BCUT2D eigenvalue weighted by atomic mass is 10.1. The first kappa shape index (κ1) is 19.3. The predicted octanol–water partition coefficient (Wildman–Crippen LogP) is 3.01. The minimum Gasteiger partial charge on any atom is -0.504 e. The number of nitrogens with one attached hydrogen (secondary N) is 1. The van der Waals surface area contributed by atoms with Gasteiger partial charge in [-0.25, -0.2) is 0 Å². The Labute approximate surface area is 172 Å². The van der Waals surface area contributed by atoms with E-state index in [1.807, 2.05) is 53.2 Å². The van der Waals surface area contributed by atoms with Crippen LogP contribution in [0.25, 0.3) is 5.76 Å². The number of ketones is 1. The van der Waals surface area contributed by atoms with Gasteiger partial charge in [-0.1, -0.05) is 36.4 Å². The van der Waals surface area contributed by atoms with Gasteiger partial charge in [-0.3, -0.25) is 9.78 Å². The van der Waals surface area contributed by atoms with E-state index in [4.69, 9.17) is 0 Å². The molecular weight excluding hydrogens is 380 g/mol. The lowest BCUT2D eigenvalue weighted by Crippen LogP contribution is -2.09. The van der Waals surface area contributed by atoms with Gasteiger partial charge in [-0.2, -0.15) is 5.21 Å². The molecule has 0 radical (unpaired) electrons. The molecule has 4 rings (SSSR count). The molecule has 0 aliphatic heterocycles. The molecule has 30 heavy (non-hydrogen) atoms. The van der Waals surface area contributed by atoms with Crippen LogP contribution in [-0.4, -0.2) is 41.1 Å². The highest BCUT2D eigenvalue weighted by Gasteiger charge is 2.15. The molecule has 3 aromatic heterocycles. The van der Waals surface area contributed by atoms with Crippen molar-refractivity contribution >= 4 is 11.5 Å². The van der Waals surface area contributed by atoms with Gasteiger partial charge in [0.15, 0.2) is 5.76 Å². The van der Waals surface area contributed by atoms with Gasteiger partial charge in [0.25, 0.3) is 0 Å². The number of nitrogens with zero attached hydrogens (tertiary/aromatic N) is 5. The van der Waals surface area contributed by atoms with Gasteiger partial charge in [0.2, 0.25) is 11.6 Å². The average molecular weight is 400 g/mol. The number of aliphatic hydroxyl groups is 1. The minimum absolute atomic E-state index is 0.0320. The highest BCUT2D eigenvalue weighted by molar-refractivity contribution is 6.06. The molecule has 0 fully saturated rings. The summed E-state index contributed by atoms with van der Waals surface area (Å²) in [5, 5.41) is 23.1. The zero-order valence-electron chi connectivity index (χ0n) is 16.1. The number of aryl methyl sites for hydroxylation is 2. The molecule has 0 saturated heterocycles. The summed E-state index contributed by atoms with van der Waals surface area (Å²) in [6.07, 6.45) is 6.45. The third kappa shape index (κ3) is 4.67. The summed E-state index contributed by atoms with van der Waals surface area (Å²) >= 11 is 0. The number of H-pyrrole nitrogens is 1. The predicted molar refractivity (Wildman–Crippen MR) is 111 cm³/mol. The van der Waals surface area contributed by atoms with Crippen molar-refractivity contribution in [1.82, 2.24) is 30.2 Å². The fourth-order valence-electron chi connectivity index (χ4n) is 3.18. The molecular formula is C22H20N6O2. The second-order valence-corrected chi connectivity index (χ2v) is 6.80. The first-order chi connectivity index (χ1) is 14.7. The lowest BCUT2D eigenvalue weighted by molar-refractivity contribution is 0.103. The molecule has 0 amide bonds. The molecule has 8 nitrogen and oxygen atoms in total. The smallest absolute Gasteiger partial charge is 0.239 e. The largest absolute Gasteiger partial charge is 0.504 e. The maximum Gasteiger partial charge on any atom is 0.239 e. The third-order valence-corrected chi connectivity index (χ3v) is 4.65. The normalized spacial score (nSPS) is 11.5. The SMILES string of the molecule is O=C(C=C(O)c1nn[nH]n1)c1cc(CCc2ccccc2)cn1Cc1ccccn1. The monoisotopic (exact) mass is 400 g/mol. The van der Waals surface area contributed by atoms with E-state index in [2.05, 4.69) is 37.7 Å². The quantitative estimate of drug-likeness (QED) is 0.267. The van der Waals surface area contributed by atoms with Crippen LogP contribution in [0.1, 0.15) is 33.1 Å². The van der Waals surface area contributed by atoms with Crippen molar-refractivity contribution in [3.63, 3.8) is 0 Å². The summed E-state index contributed by atoms with van der Waals surface area (Å²) in [6, 6.07) is 17.7. The number of tetrazole rings is 1. The number of allylic oxidation sites excluding steroid dienone is 1. The van der Waals surface area contributed by atoms with Crippen LogP contribution in [0, 0.1) is 0 Å². The van der Waals surface area contributed by atoms with E-state index in [1.54, 1.807) is 6.20 Å². The van der Waals surface area contributed by atoms with E-state index in [0.717, 1.165) is 30.2 Å². The molecule has 0 saturated carbocycles. The molecule has 150 valence electrons. The van der Waals surface area contributed by atoms with Crippen molar-refractivity contribution in [3.8, 4) is 0 Å². The highest BCUT2D eigenvalue weighted by Crippen LogP contribution is 2.16. The number of aromatic amines is 1. The molecule has 0 bridgehead atoms. The standard InChI is InChI=1S/C22H20N6O2/c29-20(13-21(30)22-24-26-27-25-22)19-12-17(10-9-16-6-2-1-3-7-16)14-28(19)15-18-8-4-5-11-23-18/h1-8,11-14,30H,9-10,15H2,(H,24,25,26,27). The zero-order chi connectivity index (χ0) is 20.8. The van der Waals surface area contributed by atoms with Gasteiger partial charge in [0.1, 0.15) is 0 Å². The van der Waals surface area contributed by atoms with Crippen LogP contribution in [0.15, 0.2) is 73.1 Å². The molecule has 8 heteroatoms. The van der Waals surface area contributed by atoms with Gasteiger partial charge in [0.05, 0.1) is 17.9 Å². The van der Waals surface area contributed by atoms with Crippen LogP contribution in [0.4, 0.5) is 0 Å². The van der Waals surface area contributed by atoms with Crippen molar-refractivity contribution in [2.75, 3.05) is 0 Å². The molecule has 0 aliphatic rings. The summed E-state index contributed by atoms with van der Waals surface area (Å²) in [7, 11) is 0. The van der Waals surface area contributed by atoms with Gasteiger partial charge < -0.3 is 9.67 Å². The van der Waals surface area contributed by atoms with E-state index < -0.39 is 0 Å². The van der Waals surface area contributed by atoms with E-state index in [-0.39, 0.29) is 17.4 Å². The van der Waals surface area contributed by atoms with Gasteiger partial charge in [-0.05, 0) is 47.4 Å². The number of aromatic nitrogens is 6. The molecule has 3 heterocycles. The molecule has 2 N–H and O–H groups in total. The number of rotatable bonds is 8. The summed E-state index contributed by atoms with van der Waals surface area (Å²) in [5.74, 6) is -0.722. The molecule has 4 aromatic rings. The second kappa shape index (κ2) is 8.95. The molecule has 0 atom stereocenters. The fourth-order valence-corrected chi connectivity index (χ4v) is 3.18. The fraction of sp³-hybridized carbons (Fsp3) is 0.136. The lowest BCUT2D eigenvalue weighted by Gasteiger charge is -2.06. The van der Waals surface area contributed by atoms with Crippen LogP contribution in [0.3, 0.4) is 0 Å². The second-order valence-electron chi connectivity index (χ2n) is 6.80. The van der Waals surface area contributed by atoms with E-state index >= 15 is 0 Å². The summed E-state index contributed by atoms with van der Waals surface area (Å²) < 4.78 is 1.85. The van der Waals surface area contributed by atoms with Crippen LogP contribution in [-0.2, 0) is 19.4 Å². The van der Waals surface area contributed by atoms with Crippen molar-refractivity contribution in [2.24, 2.45) is 0 Å². The Morgan fingerprint density at radius 1 is 1.07 bits per heavy atom. The number of carbonyl (C=O) groups excluding carboxylic acids is 1. The van der Waals surface area contributed by atoms with E-state index in [1.165, 1.54) is 5.56 Å². The molecule has 0 unspecified atom stereocenters. The number of pyridine rings is 1. The van der Waals surface area contributed by atoms with Gasteiger partial charge in [0, 0.05) is 18.5 Å². The van der Waals surface area contributed by atoms with Crippen LogP contribution in [0.5, 0.6) is 0 Å². The average Bonchev–Trinajstić information content (AvgIpc) is 3.44. The summed E-state index contributed by atoms with van der Waals surface area (Å²) in [6.45, 7) is 0.448. The minimum atomic E-state index is -0.348. The number of hydrogen-bond donors (Lipinski definition) is 2. The van der Waals surface area contributed by atoms with Crippen LogP contribution in [0.2, 0.25) is 0 Å². The van der Waals surface area contributed by atoms with Crippen LogP contribution >= 0.6 is 0 Å². The molecule has 0 spiro atoms. The van der Waals surface area contributed by atoms with Crippen molar-refractivity contribution in [3.05, 3.63) is 101 Å². The Bertz CT molecular complexity index is 1140. The van der Waals surface area contributed by atoms with E-state index in [0.29, 0.717) is 12.2 Å². The number of hydrogen-bond acceptors (Lipinski definition) is 6. The van der Waals surface area contributed by atoms with E-state index in [9.17, 15) is 9.90 Å². The van der Waals surface area contributed by atoms with Crippen LogP contribution < -0.4 is 0 Å². The van der Waals surface area contributed by atoms with Crippen molar-refractivity contribution in [2.45, 2.75) is 19.4 Å². The highest BCUT2D eigenvalue weighted by atomic mass is 16.3. The number of aliphatic hydroxyl groups excluding tert-OH is 1. The Morgan fingerprint density at radius 2 is 1.87 bits per heavy atom. The Balaban J connectivity index is 1.60. The Kier molecular flexibility index (Phi) is 5.75. The van der Waals surface area contributed by atoms with Gasteiger partial charge in [-0.15, -0.1) is 10.2 Å². The maximum absolute atomic E-state index is 12.9. The number of benzene rings is 1. The topological polar surface area (TPSA) is 110 Å². The van der Waals surface area contributed by atoms with Crippen molar-refractivity contribution in [1.29, 1.82) is 0 Å². The van der Waals surface area contributed by atoms with Gasteiger partial charge >= 0.3 is 0 Å². The maximum atomic E-state index is 12.9. The summed E-state index contributed by atoms with van der Waals surface area (Å²) in [4.78, 5) is 17.2. The first-order valence-electron chi connectivity index (χ1n) is 9.51. The Hall–Kier alpha value is -4.07. The zero-order valence-corrected chi connectivity index (χ0v) is 16.1. The first-order valence-corrected chi connectivity index (χ1v) is 9.51. The number of carbonyl (C=O) groups is 1. The van der Waals surface area contributed by atoms with Crippen molar-refractivity contribution < 1.29 is 9.90 Å².